The summed E-state index contributed by atoms with van der Waals surface area (Å²) in [5, 5.41) is 3.46. The highest BCUT2D eigenvalue weighted by Crippen LogP contribution is 2.35. The molecule has 0 radical (unpaired) electrons. The monoisotopic (exact) mass is 325 g/mol. The first-order valence-electron chi connectivity index (χ1n) is 4.33. The fraction of sp³-hybridized carbons (Fsp3) is 0.556. The molecule has 0 aliphatic rings. The summed E-state index contributed by atoms with van der Waals surface area (Å²) in [5.41, 5.74) is 0. The summed E-state index contributed by atoms with van der Waals surface area (Å²) in [5.74, 6) is 0. The van der Waals surface area contributed by atoms with Crippen LogP contribution in [0.25, 0.3) is 0 Å². The molecule has 1 N–H and O–H groups in total. The summed E-state index contributed by atoms with van der Waals surface area (Å²) in [7, 11) is 0. The SMILES string of the molecule is CCCNC(C)c1cc(Br)c(Br)s1. The van der Waals surface area contributed by atoms with E-state index in [4.69, 9.17) is 0 Å². The van der Waals surface area contributed by atoms with Crippen LogP contribution in [-0.4, -0.2) is 6.54 Å². The van der Waals surface area contributed by atoms with Gasteiger partial charge in [-0.1, -0.05) is 6.92 Å². The van der Waals surface area contributed by atoms with Gasteiger partial charge in [-0.3, -0.25) is 0 Å². The fourth-order valence-electron chi connectivity index (χ4n) is 1.04. The zero-order valence-corrected chi connectivity index (χ0v) is 11.7. The van der Waals surface area contributed by atoms with Crippen LogP contribution < -0.4 is 5.32 Å². The van der Waals surface area contributed by atoms with Crippen LogP contribution in [0.4, 0.5) is 0 Å². The maximum absolute atomic E-state index is 3.50. The summed E-state index contributed by atoms with van der Waals surface area (Å²) in [6.45, 7) is 5.45. The zero-order chi connectivity index (χ0) is 9.84. The smallest absolute Gasteiger partial charge is 0.0843 e. The first kappa shape index (κ1) is 11.7. The average Bonchev–Trinajstić information content (AvgIpc) is 2.43. The van der Waals surface area contributed by atoms with Crippen molar-refractivity contribution < 1.29 is 0 Å². The van der Waals surface area contributed by atoms with Crippen molar-refractivity contribution in [2.24, 2.45) is 0 Å². The van der Waals surface area contributed by atoms with Gasteiger partial charge in [0, 0.05) is 15.4 Å². The second-order valence-electron chi connectivity index (χ2n) is 2.95. The highest BCUT2D eigenvalue weighted by atomic mass is 79.9. The largest absolute Gasteiger partial charge is 0.309 e. The van der Waals surface area contributed by atoms with Crippen LogP contribution >= 0.6 is 43.2 Å². The maximum atomic E-state index is 3.50. The average molecular weight is 327 g/mol. The normalized spacial score (nSPS) is 13.2. The van der Waals surface area contributed by atoms with Gasteiger partial charge in [-0.2, -0.15) is 0 Å². The molecule has 4 heteroatoms. The standard InChI is InChI=1S/C9H13Br2NS/c1-3-4-12-6(2)8-5-7(10)9(11)13-8/h5-6,12H,3-4H2,1-2H3. The second kappa shape index (κ2) is 5.49. The molecule has 0 aliphatic carbocycles. The van der Waals surface area contributed by atoms with Crippen molar-refractivity contribution in [2.45, 2.75) is 26.3 Å². The third-order valence-corrected chi connectivity index (χ3v) is 5.23. The topological polar surface area (TPSA) is 12.0 Å². The minimum absolute atomic E-state index is 0.451. The molecule has 1 heterocycles. The number of hydrogen-bond acceptors (Lipinski definition) is 2. The Morgan fingerprint density at radius 1 is 1.54 bits per heavy atom. The first-order valence-corrected chi connectivity index (χ1v) is 6.73. The van der Waals surface area contributed by atoms with Crippen LogP contribution in [-0.2, 0) is 0 Å². The Hall–Kier alpha value is 0.620. The van der Waals surface area contributed by atoms with Gasteiger partial charge in [-0.25, -0.2) is 0 Å². The Kier molecular flexibility index (Phi) is 4.94. The maximum Gasteiger partial charge on any atom is 0.0843 e. The molecule has 1 nitrogen and oxygen atoms in total. The number of nitrogens with one attached hydrogen (secondary N) is 1. The van der Waals surface area contributed by atoms with Crippen LogP contribution in [0.15, 0.2) is 14.3 Å². The molecule has 0 saturated carbocycles. The van der Waals surface area contributed by atoms with Crippen LogP contribution in [0.2, 0.25) is 0 Å². The lowest BCUT2D eigenvalue weighted by atomic mass is 10.2. The van der Waals surface area contributed by atoms with Crippen molar-refractivity contribution in [2.75, 3.05) is 6.54 Å². The second-order valence-corrected chi connectivity index (χ2v) is 6.20. The molecule has 74 valence electrons. The summed E-state index contributed by atoms with van der Waals surface area (Å²) < 4.78 is 2.32. The Bertz CT molecular complexity index is 253. The number of halogens is 2. The van der Waals surface area contributed by atoms with Crippen LogP contribution in [0.3, 0.4) is 0 Å². The quantitative estimate of drug-likeness (QED) is 0.868. The molecule has 0 aliphatic heterocycles. The van der Waals surface area contributed by atoms with Crippen molar-refractivity contribution in [1.82, 2.24) is 5.32 Å². The van der Waals surface area contributed by atoms with E-state index in [2.05, 4.69) is 57.1 Å². The molecule has 0 spiro atoms. The summed E-state index contributed by atoms with van der Waals surface area (Å²) in [6, 6.07) is 2.62. The van der Waals surface area contributed by atoms with Gasteiger partial charge < -0.3 is 5.32 Å². The lowest BCUT2D eigenvalue weighted by Gasteiger charge is -2.10. The third kappa shape index (κ3) is 3.35. The Balaban J connectivity index is 2.60. The van der Waals surface area contributed by atoms with E-state index in [1.807, 2.05) is 0 Å². The lowest BCUT2D eigenvalue weighted by Crippen LogP contribution is -2.18. The Morgan fingerprint density at radius 3 is 2.69 bits per heavy atom. The third-order valence-electron chi connectivity index (χ3n) is 1.79. The van der Waals surface area contributed by atoms with Crippen LogP contribution in [0.5, 0.6) is 0 Å². The number of hydrogen-bond donors (Lipinski definition) is 1. The molecule has 1 atom stereocenters. The predicted octanol–water partition coefficient (Wildman–Crippen LogP) is 4.33. The van der Waals surface area contributed by atoms with Gasteiger partial charge in [0.2, 0.25) is 0 Å². The summed E-state index contributed by atoms with van der Waals surface area (Å²) in [4.78, 5) is 1.37. The van der Waals surface area contributed by atoms with Gasteiger partial charge in [-0.05, 0) is 57.8 Å². The van der Waals surface area contributed by atoms with E-state index in [0.29, 0.717) is 6.04 Å². The van der Waals surface area contributed by atoms with Crippen molar-refractivity contribution in [3.8, 4) is 0 Å². The van der Waals surface area contributed by atoms with Crippen molar-refractivity contribution in [3.05, 3.63) is 19.2 Å². The van der Waals surface area contributed by atoms with Crippen molar-refractivity contribution >= 4 is 43.2 Å². The van der Waals surface area contributed by atoms with E-state index in [1.165, 1.54) is 15.1 Å². The Morgan fingerprint density at radius 2 is 2.23 bits per heavy atom. The Labute approximate surface area is 100 Å². The van der Waals surface area contributed by atoms with Gasteiger partial charge in [0.15, 0.2) is 0 Å². The highest BCUT2D eigenvalue weighted by molar-refractivity contribution is 9.13. The molecule has 0 bridgehead atoms. The van der Waals surface area contributed by atoms with Crippen molar-refractivity contribution in [3.63, 3.8) is 0 Å². The molecule has 0 amide bonds. The molecule has 0 saturated heterocycles. The van der Waals surface area contributed by atoms with Gasteiger partial charge in [0.25, 0.3) is 0 Å². The minimum atomic E-state index is 0.451. The van der Waals surface area contributed by atoms with E-state index in [-0.39, 0.29) is 0 Å². The molecule has 13 heavy (non-hydrogen) atoms. The summed E-state index contributed by atoms with van der Waals surface area (Å²) >= 11 is 8.76. The highest BCUT2D eigenvalue weighted by Gasteiger charge is 2.09. The molecule has 1 aromatic heterocycles. The van der Waals surface area contributed by atoms with E-state index < -0.39 is 0 Å². The predicted molar refractivity (Wildman–Crippen MR) is 66.4 cm³/mol. The zero-order valence-electron chi connectivity index (χ0n) is 7.73. The van der Waals surface area contributed by atoms with E-state index >= 15 is 0 Å². The summed E-state index contributed by atoms with van der Waals surface area (Å²) in [6.07, 6.45) is 1.18. The van der Waals surface area contributed by atoms with E-state index in [1.54, 1.807) is 11.3 Å². The molecular formula is C9H13Br2NS. The molecule has 1 aromatic rings. The molecule has 0 aromatic carbocycles. The lowest BCUT2D eigenvalue weighted by molar-refractivity contribution is 0.578. The molecule has 1 unspecified atom stereocenters. The van der Waals surface area contributed by atoms with Gasteiger partial charge >= 0.3 is 0 Å². The fourth-order valence-corrected chi connectivity index (χ4v) is 3.15. The number of thiophene rings is 1. The van der Waals surface area contributed by atoms with Gasteiger partial charge in [0.05, 0.1) is 3.79 Å². The van der Waals surface area contributed by atoms with Gasteiger partial charge in [0.1, 0.15) is 0 Å². The van der Waals surface area contributed by atoms with Crippen LogP contribution in [0.1, 0.15) is 31.2 Å². The molecule has 1 rings (SSSR count). The molecular weight excluding hydrogens is 314 g/mol. The number of rotatable bonds is 4. The first-order chi connectivity index (χ1) is 6.15. The van der Waals surface area contributed by atoms with E-state index in [9.17, 15) is 0 Å². The minimum Gasteiger partial charge on any atom is -0.309 e. The van der Waals surface area contributed by atoms with Gasteiger partial charge in [-0.15, -0.1) is 11.3 Å². The molecule has 0 fully saturated rings. The van der Waals surface area contributed by atoms with Crippen molar-refractivity contribution in [1.29, 1.82) is 0 Å². The van der Waals surface area contributed by atoms with Crippen LogP contribution in [0, 0.1) is 0 Å². The van der Waals surface area contributed by atoms with E-state index in [0.717, 1.165) is 11.0 Å².